The summed E-state index contributed by atoms with van der Waals surface area (Å²) in [4.78, 5) is 63.2. The van der Waals surface area contributed by atoms with Crippen LogP contribution in [0.2, 0.25) is 0 Å². The Kier molecular flexibility index (Phi) is 7.76. The van der Waals surface area contributed by atoms with Gasteiger partial charge in [-0.3, -0.25) is 24.1 Å². The molecule has 3 aromatic carbocycles. The van der Waals surface area contributed by atoms with Crippen molar-refractivity contribution in [2.75, 3.05) is 16.9 Å². The van der Waals surface area contributed by atoms with Gasteiger partial charge in [0.2, 0.25) is 17.6 Å². The van der Waals surface area contributed by atoms with Gasteiger partial charge in [0.1, 0.15) is 17.2 Å². The summed E-state index contributed by atoms with van der Waals surface area (Å²) in [6, 6.07) is 8.85. The minimum Gasteiger partial charge on any atom is -0.508 e. The molecule has 2 N–H and O–H groups in total. The normalized spacial score (nSPS) is 28.4. The molecule has 2 aliphatic carbocycles. The average molecular weight is 751 g/mol. The summed E-state index contributed by atoms with van der Waals surface area (Å²) in [5.74, 6) is -25.1. The molecule has 0 spiro atoms. The zero-order valence-electron chi connectivity index (χ0n) is 25.7. The molecule has 10 nitrogen and oxygen atoms in total. The van der Waals surface area contributed by atoms with Gasteiger partial charge in [0.25, 0.3) is 11.8 Å². The van der Waals surface area contributed by atoms with Crippen molar-refractivity contribution in [3.63, 3.8) is 0 Å². The summed E-state index contributed by atoms with van der Waals surface area (Å²) in [6.45, 7) is 0. The molecule has 2 aliphatic heterocycles. The number of fused-ring (bicyclic) bond motifs is 4. The first-order chi connectivity index (χ1) is 24.0. The molecule has 51 heavy (non-hydrogen) atoms. The standard InChI is InChI=1S/C34H21Cl2F5N2O8/c1-51-18-7-3-6-17(44)20(18)21-14-8-9-15-19(29(46)42(28(15)45)13-5-2-4-12(10-13)30(47)48)16(14)11-33(35)31(49)43(32(50)34(21,33)36)27-25(40)23(38)22(37)24(39)26(27)41/h2-8,10,15-16,19,21,44H,9,11H2,1H3,(H,47,48)/t15-,16+,19-,21+,33+,34-/m0/s1. The number of hydrogen-bond donors (Lipinski definition) is 2. The third-order valence-corrected chi connectivity index (χ3v) is 11.5. The highest BCUT2D eigenvalue weighted by Gasteiger charge is 2.77. The molecule has 0 aromatic heterocycles. The second kappa shape index (κ2) is 11.5. The van der Waals surface area contributed by atoms with Gasteiger partial charge in [-0.25, -0.2) is 31.6 Å². The number of halogens is 7. The maximum atomic E-state index is 15.2. The zero-order valence-corrected chi connectivity index (χ0v) is 27.2. The van der Waals surface area contributed by atoms with Gasteiger partial charge in [-0.1, -0.05) is 23.8 Å². The lowest BCUT2D eigenvalue weighted by atomic mass is 9.56. The van der Waals surface area contributed by atoms with E-state index in [-0.39, 0.29) is 39.5 Å². The number of methoxy groups -OCH3 is 1. The number of aromatic carboxylic acids is 1. The number of imide groups is 2. The third kappa shape index (κ3) is 4.36. The molecular formula is C34H21Cl2F5N2O8. The van der Waals surface area contributed by atoms with E-state index >= 15 is 8.78 Å². The highest BCUT2D eigenvalue weighted by atomic mass is 35.5. The number of carboxylic acids is 1. The van der Waals surface area contributed by atoms with Crippen LogP contribution >= 0.6 is 23.2 Å². The fourth-order valence-corrected chi connectivity index (χ4v) is 8.84. The quantitative estimate of drug-likeness (QED) is 0.0863. The van der Waals surface area contributed by atoms with Crippen molar-refractivity contribution in [3.05, 3.63) is 94.3 Å². The Morgan fingerprint density at radius 1 is 0.863 bits per heavy atom. The van der Waals surface area contributed by atoms with E-state index in [0.29, 0.717) is 0 Å². The van der Waals surface area contributed by atoms with Crippen molar-refractivity contribution >= 4 is 64.2 Å². The number of carbonyl (C=O) groups excluding carboxylic acids is 4. The molecule has 2 heterocycles. The van der Waals surface area contributed by atoms with Crippen LogP contribution < -0.4 is 14.5 Å². The number of phenolic OH excluding ortho intramolecular Hbond substituents is 1. The van der Waals surface area contributed by atoms with E-state index in [4.69, 9.17) is 27.9 Å². The second-order valence-electron chi connectivity index (χ2n) is 12.5. The summed E-state index contributed by atoms with van der Waals surface area (Å²) >= 11 is 14.2. The SMILES string of the molecule is COc1cccc(O)c1[C@H]1C2=CC[C@@H]3C(=O)N(c4cccc(C(=O)O)c4)C(=O)[C@@H]3[C@@H]2C[C@@]2(Cl)C(=O)N(c3c(F)c(F)c(F)c(F)c3F)C(=O)[C@@]12Cl. The molecule has 264 valence electrons. The number of anilines is 2. The number of carbonyl (C=O) groups is 5. The smallest absolute Gasteiger partial charge is 0.335 e. The van der Waals surface area contributed by atoms with Crippen molar-refractivity contribution < 1.29 is 60.9 Å². The van der Waals surface area contributed by atoms with Crippen molar-refractivity contribution in [3.8, 4) is 11.5 Å². The molecule has 1 saturated carbocycles. The minimum absolute atomic E-state index is 0.0764. The summed E-state index contributed by atoms with van der Waals surface area (Å²) in [5.41, 5.74) is -2.43. The summed E-state index contributed by atoms with van der Waals surface area (Å²) in [7, 11) is 1.18. The predicted molar refractivity (Wildman–Crippen MR) is 167 cm³/mol. The molecule has 4 amide bonds. The Morgan fingerprint density at radius 2 is 1.49 bits per heavy atom. The summed E-state index contributed by atoms with van der Waals surface area (Å²) < 4.78 is 78.8. The van der Waals surface area contributed by atoms with Crippen LogP contribution in [0.3, 0.4) is 0 Å². The maximum Gasteiger partial charge on any atom is 0.335 e. The minimum atomic E-state index is -2.87. The molecule has 4 aliphatic rings. The third-order valence-electron chi connectivity index (χ3n) is 10.1. The van der Waals surface area contributed by atoms with Crippen molar-refractivity contribution in [2.45, 2.75) is 28.5 Å². The molecule has 0 radical (unpaired) electrons. The van der Waals surface area contributed by atoms with Crippen LogP contribution in [-0.2, 0) is 19.2 Å². The lowest BCUT2D eigenvalue weighted by Crippen LogP contribution is -2.60. The number of rotatable bonds is 5. The summed E-state index contributed by atoms with van der Waals surface area (Å²) in [6.07, 6.45) is 0.508. The van der Waals surface area contributed by atoms with Crippen LogP contribution in [0, 0.1) is 46.8 Å². The Bertz CT molecular complexity index is 2150. The van der Waals surface area contributed by atoms with Gasteiger partial charge in [0.15, 0.2) is 33.0 Å². The fourth-order valence-electron chi connectivity index (χ4n) is 7.92. The first-order valence-corrected chi connectivity index (χ1v) is 15.8. The van der Waals surface area contributed by atoms with Crippen molar-refractivity contribution in [1.29, 1.82) is 0 Å². The van der Waals surface area contributed by atoms with E-state index in [0.717, 1.165) is 17.0 Å². The number of aromatic hydroxyl groups is 1. The van der Waals surface area contributed by atoms with Gasteiger partial charge >= 0.3 is 5.97 Å². The molecule has 6 atom stereocenters. The molecule has 3 fully saturated rings. The van der Waals surface area contributed by atoms with Gasteiger partial charge in [-0.2, -0.15) is 0 Å². The van der Waals surface area contributed by atoms with E-state index in [1.165, 1.54) is 43.5 Å². The molecule has 17 heteroatoms. The van der Waals surface area contributed by atoms with Crippen LogP contribution in [0.5, 0.6) is 11.5 Å². The van der Waals surface area contributed by atoms with E-state index in [9.17, 15) is 47.4 Å². The predicted octanol–water partition coefficient (Wildman–Crippen LogP) is 5.56. The zero-order chi connectivity index (χ0) is 37.1. The number of phenols is 1. The maximum absolute atomic E-state index is 15.2. The molecule has 2 saturated heterocycles. The second-order valence-corrected chi connectivity index (χ2v) is 13.7. The van der Waals surface area contributed by atoms with Gasteiger partial charge in [0, 0.05) is 11.5 Å². The molecule has 0 unspecified atom stereocenters. The average Bonchev–Trinajstić information content (AvgIpc) is 3.44. The van der Waals surface area contributed by atoms with Crippen LogP contribution in [0.1, 0.15) is 34.7 Å². The van der Waals surface area contributed by atoms with Crippen molar-refractivity contribution in [1.82, 2.24) is 0 Å². The monoisotopic (exact) mass is 750 g/mol. The summed E-state index contributed by atoms with van der Waals surface area (Å²) in [5, 5.41) is 20.7. The number of allylic oxidation sites excluding steroid dienone is 2. The lowest BCUT2D eigenvalue weighted by Gasteiger charge is -2.50. The fraction of sp³-hybridized carbons (Fsp3) is 0.265. The first kappa shape index (κ1) is 34.4. The number of nitrogens with zero attached hydrogens (tertiary/aromatic N) is 2. The molecule has 7 rings (SSSR count). The lowest BCUT2D eigenvalue weighted by molar-refractivity contribution is -0.125. The van der Waals surface area contributed by atoms with Gasteiger partial charge < -0.3 is 14.9 Å². The Balaban J connectivity index is 1.45. The number of hydrogen-bond acceptors (Lipinski definition) is 7. The Hall–Kier alpha value is -5.02. The number of benzene rings is 3. The number of carboxylic acid groups (broad SMARTS) is 1. The Labute approximate surface area is 293 Å². The van der Waals surface area contributed by atoms with E-state index < -0.39 is 110 Å². The van der Waals surface area contributed by atoms with Crippen LogP contribution in [-0.4, -0.2) is 56.7 Å². The molecular weight excluding hydrogens is 730 g/mol. The molecule has 0 bridgehead atoms. The highest BCUT2D eigenvalue weighted by Crippen LogP contribution is 2.67. The van der Waals surface area contributed by atoms with Crippen LogP contribution in [0.25, 0.3) is 0 Å². The van der Waals surface area contributed by atoms with E-state index in [2.05, 4.69) is 0 Å². The highest BCUT2D eigenvalue weighted by molar-refractivity contribution is 6.58. The van der Waals surface area contributed by atoms with Crippen molar-refractivity contribution in [2.24, 2.45) is 17.8 Å². The Morgan fingerprint density at radius 3 is 2.12 bits per heavy atom. The van der Waals surface area contributed by atoms with Crippen LogP contribution in [0.15, 0.2) is 54.1 Å². The van der Waals surface area contributed by atoms with E-state index in [1.807, 2.05) is 0 Å². The molecule has 3 aromatic rings. The topological polar surface area (TPSA) is 142 Å². The van der Waals surface area contributed by atoms with Gasteiger partial charge in [-0.05, 0) is 49.1 Å². The largest absolute Gasteiger partial charge is 0.508 e. The van der Waals surface area contributed by atoms with Gasteiger partial charge in [0.05, 0.1) is 30.2 Å². The van der Waals surface area contributed by atoms with Gasteiger partial charge in [-0.15, -0.1) is 23.2 Å². The number of amides is 4. The first-order valence-electron chi connectivity index (χ1n) is 15.1. The van der Waals surface area contributed by atoms with E-state index in [1.54, 1.807) is 0 Å². The number of alkyl halides is 2. The number of ether oxygens (including phenoxy) is 1. The van der Waals surface area contributed by atoms with Crippen LogP contribution in [0.4, 0.5) is 33.3 Å².